The monoisotopic (exact) mass is 315 g/mol. The minimum Gasteiger partial charge on any atom is -0.303 e. The van der Waals surface area contributed by atoms with Gasteiger partial charge in [-0.25, -0.2) is 4.39 Å². The van der Waals surface area contributed by atoms with Gasteiger partial charge in [-0.2, -0.15) is 0 Å². The Morgan fingerprint density at radius 3 is 2.39 bits per heavy atom. The van der Waals surface area contributed by atoms with Gasteiger partial charge < -0.3 is 4.90 Å². The molecule has 0 aliphatic heterocycles. The Kier molecular flexibility index (Phi) is 5.79. The summed E-state index contributed by atoms with van der Waals surface area (Å²) < 4.78 is 14.2. The van der Waals surface area contributed by atoms with E-state index in [0.717, 1.165) is 25.7 Å². The number of hydrogen-bond donors (Lipinski definition) is 0. The SMILES string of the molecule is C=C=C(C(=O)N(c1ccccc1F)C(C)C)C1CCC(C)CC1. The zero-order valence-corrected chi connectivity index (χ0v) is 14.3. The number of nitrogens with zero attached hydrogens (tertiary/aromatic N) is 1. The molecule has 0 heterocycles. The molecule has 1 aliphatic carbocycles. The van der Waals surface area contributed by atoms with Crippen LogP contribution in [0.5, 0.6) is 0 Å². The van der Waals surface area contributed by atoms with Crippen LogP contribution in [0.2, 0.25) is 0 Å². The van der Waals surface area contributed by atoms with Gasteiger partial charge >= 0.3 is 0 Å². The molecule has 0 atom stereocenters. The molecule has 1 fully saturated rings. The second kappa shape index (κ2) is 7.61. The summed E-state index contributed by atoms with van der Waals surface area (Å²) in [5.74, 6) is 0.347. The van der Waals surface area contributed by atoms with E-state index in [0.29, 0.717) is 17.2 Å². The van der Waals surface area contributed by atoms with E-state index in [1.807, 2.05) is 13.8 Å². The number of carbonyl (C=O) groups is 1. The quantitative estimate of drug-likeness (QED) is 0.559. The van der Waals surface area contributed by atoms with Crippen molar-refractivity contribution < 1.29 is 9.18 Å². The summed E-state index contributed by atoms with van der Waals surface area (Å²) in [7, 11) is 0. The maximum atomic E-state index is 14.2. The molecule has 23 heavy (non-hydrogen) atoms. The molecule has 1 amide bonds. The Labute approximate surface area is 138 Å². The Hall–Kier alpha value is -1.86. The fourth-order valence-electron chi connectivity index (χ4n) is 3.34. The highest BCUT2D eigenvalue weighted by molar-refractivity contribution is 6.06. The van der Waals surface area contributed by atoms with Gasteiger partial charge in [-0.05, 0) is 50.7 Å². The van der Waals surface area contributed by atoms with E-state index in [1.54, 1.807) is 18.2 Å². The van der Waals surface area contributed by atoms with Gasteiger partial charge in [0.1, 0.15) is 5.82 Å². The number of amides is 1. The van der Waals surface area contributed by atoms with Crippen LogP contribution in [0, 0.1) is 17.7 Å². The van der Waals surface area contributed by atoms with Gasteiger partial charge in [0.05, 0.1) is 11.3 Å². The molecule has 3 heteroatoms. The van der Waals surface area contributed by atoms with Gasteiger partial charge in [-0.1, -0.05) is 38.5 Å². The van der Waals surface area contributed by atoms with Crippen LogP contribution in [-0.2, 0) is 4.79 Å². The van der Waals surface area contributed by atoms with Crippen LogP contribution >= 0.6 is 0 Å². The highest BCUT2D eigenvalue weighted by atomic mass is 19.1. The lowest BCUT2D eigenvalue weighted by atomic mass is 9.79. The van der Waals surface area contributed by atoms with Crippen molar-refractivity contribution in [3.8, 4) is 0 Å². The van der Waals surface area contributed by atoms with Crippen molar-refractivity contribution in [3.63, 3.8) is 0 Å². The van der Waals surface area contributed by atoms with Gasteiger partial charge in [0.15, 0.2) is 0 Å². The zero-order chi connectivity index (χ0) is 17.0. The van der Waals surface area contributed by atoms with Crippen LogP contribution in [0.15, 0.2) is 42.1 Å². The standard InChI is InChI=1S/C20H26FNO/c1-5-17(16-12-10-15(4)11-13-16)20(23)22(14(2)3)19-9-7-6-8-18(19)21/h6-9,14-16H,1,10-13H2,2-4H3. The van der Waals surface area contributed by atoms with Crippen molar-refractivity contribution in [2.75, 3.05) is 4.90 Å². The molecular formula is C20H26FNO. The molecule has 0 spiro atoms. The van der Waals surface area contributed by atoms with Gasteiger partial charge in [0.25, 0.3) is 5.91 Å². The highest BCUT2D eigenvalue weighted by Crippen LogP contribution is 2.34. The van der Waals surface area contributed by atoms with Crippen LogP contribution in [0.4, 0.5) is 10.1 Å². The number of halogens is 1. The van der Waals surface area contributed by atoms with E-state index in [4.69, 9.17) is 0 Å². The molecule has 124 valence electrons. The maximum absolute atomic E-state index is 14.2. The fraction of sp³-hybridized carbons (Fsp3) is 0.500. The summed E-state index contributed by atoms with van der Waals surface area (Å²) in [4.78, 5) is 14.6. The molecule has 1 aromatic carbocycles. The molecule has 2 rings (SSSR count). The Morgan fingerprint density at radius 2 is 1.87 bits per heavy atom. The van der Waals surface area contributed by atoms with Crippen molar-refractivity contribution in [2.45, 2.75) is 52.5 Å². The third kappa shape index (κ3) is 3.92. The molecule has 1 saturated carbocycles. The maximum Gasteiger partial charge on any atom is 0.262 e. The Morgan fingerprint density at radius 1 is 1.26 bits per heavy atom. The van der Waals surface area contributed by atoms with Crippen LogP contribution in [0.25, 0.3) is 0 Å². The third-order valence-electron chi connectivity index (χ3n) is 4.69. The molecule has 0 N–H and O–H groups in total. The average molecular weight is 315 g/mol. The normalized spacial score (nSPS) is 20.9. The van der Waals surface area contributed by atoms with E-state index in [1.165, 1.54) is 11.0 Å². The van der Waals surface area contributed by atoms with E-state index >= 15 is 0 Å². The van der Waals surface area contributed by atoms with E-state index < -0.39 is 0 Å². The molecule has 0 unspecified atom stereocenters. The van der Waals surface area contributed by atoms with Gasteiger partial charge in [0.2, 0.25) is 0 Å². The minimum absolute atomic E-state index is 0.134. The summed E-state index contributed by atoms with van der Waals surface area (Å²) in [6.45, 7) is 9.77. The average Bonchev–Trinajstić information content (AvgIpc) is 2.52. The van der Waals surface area contributed by atoms with E-state index in [-0.39, 0.29) is 23.7 Å². The van der Waals surface area contributed by atoms with Crippen molar-refractivity contribution in [2.24, 2.45) is 11.8 Å². The lowest BCUT2D eigenvalue weighted by molar-refractivity contribution is -0.116. The summed E-state index contributed by atoms with van der Waals surface area (Å²) in [5, 5.41) is 0. The first-order valence-corrected chi connectivity index (χ1v) is 8.43. The number of anilines is 1. The smallest absolute Gasteiger partial charge is 0.262 e. The third-order valence-corrected chi connectivity index (χ3v) is 4.69. The first kappa shape index (κ1) is 17.5. The van der Waals surface area contributed by atoms with Crippen molar-refractivity contribution in [1.29, 1.82) is 0 Å². The summed E-state index contributed by atoms with van der Waals surface area (Å²) in [5.41, 5.74) is 3.79. The first-order valence-electron chi connectivity index (χ1n) is 8.43. The van der Waals surface area contributed by atoms with Crippen molar-refractivity contribution in [3.05, 3.63) is 48.0 Å². The van der Waals surface area contributed by atoms with E-state index in [9.17, 15) is 9.18 Å². The number of para-hydroxylation sites is 1. The topological polar surface area (TPSA) is 20.3 Å². The Bertz CT molecular complexity index is 608. The van der Waals surface area contributed by atoms with Gasteiger partial charge in [0, 0.05) is 6.04 Å². The predicted octanol–water partition coefficient (Wildman–Crippen LogP) is 5.10. The second-order valence-electron chi connectivity index (χ2n) is 6.77. The van der Waals surface area contributed by atoms with Crippen molar-refractivity contribution >= 4 is 11.6 Å². The van der Waals surface area contributed by atoms with Crippen LogP contribution in [-0.4, -0.2) is 11.9 Å². The molecular weight excluding hydrogens is 289 g/mol. The van der Waals surface area contributed by atoms with Crippen LogP contribution < -0.4 is 4.90 Å². The van der Waals surface area contributed by atoms with E-state index in [2.05, 4.69) is 19.2 Å². The molecule has 0 saturated heterocycles. The van der Waals surface area contributed by atoms with Gasteiger partial charge in [-0.15, -0.1) is 5.73 Å². The lowest BCUT2D eigenvalue weighted by Crippen LogP contribution is -2.40. The summed E-state index contributed by atoms with van der Waals surface area (Å²) in [6, 6.07) is 6.29. The van der Waals surface area contributed by atoms with Crippen LogP contribution in [0.1, 0.15) is 46.5 Å². The number of hydrogen-bond acceptors (Lipinski definition) is 1. The molecule has 0 radical (unpaired) electrons. The Balaban J connectivity index is 2.30. The summed E-state index contributed by atoms with van der Waals surface area (Å²) in [6.07, 6.45) is 4.19. The number of benzene rings is 1. The van der Waals surface area contributed by atoms with Crippen LogP contribution in [0.3, 0.4) is 0 Å². The van der Waals surface area contributed by atoms with Crippen molar-refractivity contribution in [1.82, 2.24) is 0 Å². The summed E-state index contributed by atoms with van der Waals surface area (Å²) >= 11 is 0. The highest BCUT2D eigenvalue weighted by Gasteiger charge is 2.31. The minimum atomic E-state index is -0.379. The molecule has 0 aromatic heterocycles. The molecule has 1 aliphatic rings. The van der Waals surface area contributed by atoms with Gasteiger partial charge in [-0.3, -0.25) is 4.79 Å². The number of carbonyl (C=O) groups excluding carboxylic acids is 1. The lowest BCUT2D eigenvalue weighted by Gasteiger charge is -2.32. The first-order chi connectivity index (χ1) is 11.0. The molecule has 0 bridgehead atoms. The second-order valence-corrected chi connectivity index (χ2v) is 6.77. The molecule has 1 aromatic rings. The largest absolute Gasteiger partial charge is 0.303 e. The predicted molar refractivity (Wildman–Crippen MR) is 92.8 cm³/mol. The number of rotatable bonds is 4. The zero-order valence-electron chi connectivity index (χ0n) is 14.3. The molecule has 2 nitrogen and oxygen atoms in total. The fourth-order valence-corrected chi connectivity index (χ4v) is 3.34.